The Hall–Kier alpha value is -2.04. The van der Waals surface area contributed by atoms with Crippen molar-refractivity contribution in [2.24, 2.45) is 5.41 Å². The number of carbonyl (C=O) groups excluding carboxylic acids is 2. The molecule has 3 heterocycles. The van der Waals surface area contributed by atoms with Gasteiger partial charge in [-0.25, -0.2) is 4.79 Å². The fourth-order valence-electron chi connectivity index (χ4n) is 2.57. The number of carbonyl (C=O) groups is 2. The lowest BCUT2D eigenvalue weighted by molar-refractivity contribution is -0.145. The molecule has 106 valence electrons. The fraction of sp³-hybridized carbons (Fsp3) is 0.467. The van der Waals surface area contributed by atoms with E-state index in [0.717, 1.165) is 12.8 Å². The Bertz CT molecular complexity index is 683. The molecule has 0 aromatic carbocycles. The zero-order valence-electron chi connectivity index (χ0n) is 11.7. The van der Waals surface area contributed by atoms with E-state index in [1.165, 1.54) is 0 Å². The molecule has 0 aliphatic carbocycles. The summed E-state index contributed by atoms with van der Waals surface area (Å²) in [5.41, 5.74) is 0.632. The van der Waals surface area contributed by atoms with Crippen molar-refractivity contribution < 1.29 is 23.5 Å². The summed E-state index contributed by atoms with van der Waals surface area (Å²) in [6, 6.07) is 1.56. The van der Waals surface area contributed by atoms with Gasteiger partial charge in [0, 0.05) is 6.07 Å². The van der Waals surface area contributed by atoms with Crippen LogP contribution in [0.3, 0.4) is 0 Å². The second-order valence-electron chi connectivity index (χ2n) is 5.45. The van der Waals surface area contributed by atoms with Gasteiger partial charge in [-0.3, -0.25) is 4.79 Å². The predicted octanol–water partition coefficient (Wildman–Crippen LogP) is 3.53. The number of rotatable bonds is 5. The van der Waals surface area contributed by atoms with Crippen LogP contribution in [0.25, 0.3) is 11.2 Å². The average molecular weight is 276 g/mol. The number of furan rings is 2. The molecule has 5 nitrogen and oxygen atoms in total. The van der Waals surface area contributed by atoms with Gasteiger partial charge < -0.3 is 13.9 Å². The molecule has 2 aromatic heterocycles. The molecule has 1 atom stereocenters. The van der Waals surface area contributed by atoms with Crippen LogP contribution in [0.5, 0.6) is 11.5 Å². The van der Waals surface area contributed by atoms with Crippen molar-refractivity contribution in [2.75, 3.05) is 0 Å². The molecule has 0 saturated heterocycles. The third-order valence-corrected chi connectivity index (χ3v) is 4.05. The third-order valence-electron chi connectivity index (χ3n) is 4.05. The molecule has 20 heavy (non-hydrogen) atoms. The first-order chi connectivity index (χ1) is 9.50. The molecule has 0 radical (unpaired) electrons. The number of benzene rings is 1. The van der Waals surface area contributed by atoms with Crippen molar-refractivity contribution in [1.82, 2.24) is 0 Å². The van der Waals surface area contributed by atoms with E-state index < -0.39 is 11.4 Å². The highest BCUT2D eigenvalue weighted by Crippen LogP contribution is 2.49. The van der Waals surface area contributed by atoms with E-state index in [4.69, 9.17) is 13.9 Å². The highest BCUT2D eigenvalue weighted by Gasteiger charge is 2.39. The molecule has 0 saturated carbocycles. The minimum absolute atomic E-state index is 0.232. The van der Waals surface area contributed by atoms with Crippen molar-refractivity contribution in [3.05, 3.63) is 11.6 Å². The fourth-order valence-corrected chi connectivity index (χ4v) is 2.57. The van der Waals surface area contributed by atoms with E-state index in [0.29, 0.717) is 23.2 Å². The van der Waals surface area contributed by atoms with Crippen LogP contribution in [-0.2, 0) is 4.79 Å². The lowest BCUT2D eigenvalue weighted by atomic mass is 9.83. The summed E-state index contributed by atoms with van der Waals surface area (Å²) in [4.78, 5) is 23.9. The van der Waals surface area contributed by atoms with Gasteiger partial charge in [0.05, 0.1) is 5.41 Å². The molecule has 0 spiro atoms. The summed E-state index contributed by atoms with van der Waals surface area (Å²) in [6.45, 7) is 5.88. The monoisotopic (exact) mass is 276 g/mol. The molecular weight excluding hydrogens is 260 g/mol. The summed E-state index contributed by atoms with van der Waals surface area (Å²) in [5, 5.41) is 0. The van der Waals surface area contributed by atoms with Crippen molar-refractivity contribution in [2.45, 2.75) is 40.0 Å². The second kappa shape index (κ2) is 4.23. The number of hydrogen-bond donors (Lipinski definition) is 0. The van der Waals surface area contributed by atoms with Gasteiger partial charge >= 0.3 is 11.9 Å². The lowest BCUT2D eigenvalue weighted by Gasteiger charge is -2.24. The Labute approximate surface area is 116 Å². The second-order valence-corrected chi connectivity index (χ2v) is 5.45. The van der Waals surface area contributed by atoms with Crippen molar-refractivity contribution in [3.8, 4) is 11.5 Å². The van der Waals surface area contributed by atoms with E-state index in [-0.39, 0.29) is 17.5 Å². The minimum atomic E-state index is -0.537. The number of hydrogen-bond acceptors (Lipinski definition) is 5. The van der Waals surface area contributed by atoms with Crippen LogP contribution in [0.4, 0.5) is 0 Å². The Balaban J connectivity index is 1.88. The Morgan fingerprint density at radius 3 is 2.80 bits per heavy atom. The van der Waals surface area contributed by atoms with E-state index in [2.05, 4.69) is 0 Å². The molecule has 2 aromatic rings. The van der Waals surface area contributed by atoms with Crippen LogP contribution in [0.2, 0.25) is 0 Å². The standard InChI is InChI=1S/C15H16O5/c1-4-6-15(3,5-2)14(17)20-11-9-7-8-10(18-9)12(11)19-13(8)16/h7H,4-6H2,1-3H3. The van der Waals surface area contributed by atoms with E-state index >= 15 is 0 Å². The molecule has 0 N–H and O–H groups in total. The topological polar surface area (TPSA) is 65.7 Å². The molecule has 5 heteroatoms. The zero-order valence-corrected chi connectivity index (χ0v) is 11.7. The van der Waals surface area contributed by atoms with Crippen molar-refractivity contribution >= 4 is 23.1 Å². The van der Waals surface area contributed by atoms with Crippen LogP contribution in [0.1, 0.15) is 50.4 Å². The molecule has 1 aliphatic heterocycles. The maximum Gasteiger partial charge on any atom is 0.347 e. The lowest BCUT2D eigenvalue weighted by Crippen LogP contribution is -2.31. The molecule has 1 unspecified atom stereocenters. The van der Waals surface area contributed by atoms with Gasteiger partial charge in [0.1, 0.15) is 5.56 Å². The van der Waals surface area contributed by atoms with Crippen molar-refractivity contribution in [1.29, 1.82) is 0 Å². The molecular formula is C15H16O5. The zero-order chi connectivity index (χ0) is 14.5. The summed E-state index contributed by atoms with van der Waals surface area (Å²) in [5.74, 6) is -0.296. The summed E-state index contributed by atoms with van der Waals surface area (Å²) < 4.78 is 15.9. The summed E-state index contributed by atoms with van der Waals surface area (Å²) >= 11 is 0. The first-order valence-corrected chi connectivity index (χ1v) is 6.83. The largest absolute Gasteiger partial charge is 0.448 e. The Kier molecular flexibility index (Phi) is 2.74. The van der Waals surface area contributed by atoms with Gasteiger partial charge in [-0.1, -0.05) is 20.3 Å². The Morgan fingerprint density at radius 1 is 1.40 bits per heavy atom. The van der Waals surface area contributed by atoms with Gasteiger partial charge in [-0.05, 0) is 19.8 Å². The van der Waals surface area contributed by atoms with E-state index in [9.17, 15) is 9.59 Å². The van der Waals surface area contributed by atoms with Crippen LogP contribution < -0.4 is 9.47 Å². The van der Waals surface area contributed by atoms with Gasteiger partial charge in [0.15, 0.2) is 11.2 Å². The SMILES string of the molecule is CCCC(C)(CC)C(=O)Oc1c2c3oc1cc3C(=O)O2. The third kappa shape index (κ3) is 1.62. The highest BCUT2D eigenvalue weighted by atomic mass is 16.6. The molecule has 1 aliphatic rings. The van der Waals surface area contributed by atoms with Crippen LogP contribution in [0, 0.1) is 5.41 Å². The smallest absolute Gasteiger partial charge is 0.347 e. The first-order valence-electron chi connectivity index (χ1n) is 6.83. The summed E-state index contributed by atoms with van der Waals surface area (Å²) in [6.07, 6.45) is 2.34. The minimum Gasteiger partial charge on any atom is -0.448 e. The normalized spacial score (nSPS) is 16.4. The molecule has 0 fully saturated rings. The highest BCUT2D eigenvalue weighted by molar-refractivity contribution is 6.10. The van der Waals surface area contributed by atoms with Crippen LogP contribution in [0.15, 0.2) is 10.5 Å². The summed E-state index contributed by atoms with van der Waals surface area (Å²) in [7, 11) is 0. The van der Waals surface area contributed by atoms with Gasteiger partial charge in [-0.2, -0.15) is 0 Å². The number of ether oxygens (including phenoxy) is 2. The first kappa shape index (κ1) is 13.0. The van der Waals surface area contributed by atoms with Crippen LogP contribution in [-0.4, -0.2) is 11.9 Å². The van der Waals surface area contributed by atoms with Crippen molar-refractivity contribution in [3.63, 3.8) is 0 Å². The predicted molar refractivity (Wildman–Crippen MR) is 71.3 cm³/mol. The number of fused-ring (bicyclic) bond motifs is 1. The van der Waals surface area contributed by atoms with Gasteiger partial charge in [0.2, 0.25) is 11.5 Å². The maximum absolute atomic E-state index is 12.4. The molecule has 0 amide bonds. The maximum atomic E-state index is 12.4. The van der Waals surface area contributed by atoms with Crippen LogP contribution >= 0.6 is 0 Å². The van der Waals surface area contributed by atoms with E-state index in [1.807, 2.05) is 20.8 Å². The molecule has 3 rings (SSSR count). The van der Waals surface area contributed by atoms with Gasteiger partial charge in [-0.15, -0.1) is 0 Å². The Morgan fingerprint density at radius 2 is 2.15 bits per heavy atom. The quantitative estimate of drug-likeness (QED) is 0.617. The number of esters is 2. The average Bonchev–Trinajstić information content (AvgIpc) is 3.03. The van der Waals surface area contributed by atoms with E-state index in [1.54, 1.807) is 6.07 Å². The van der Waals surface area contributed by atoms with Gasteiger partial charge in [0.25, 0.3) is 0 Å². The molecule has 2 bridgehead atoms.